The Bertz CT molecular complexity index is 3180. The zero-order valence-corrected chi connectivity index (χ0v) is 46.0. The lowest BCUT2D eigenvalue weighted by Gasteiger charge is -2.40. The normalized spacial score (nSPS) is 22.3. The lowest BCUT2D eigenvalue weighted by Crippen LogP contribution is -2.56. The van der Waals surface area contributed by atoms with Gasteiger partial charge >= 0.3 is 5.69 Å². The zero-order chi connectivity index (χ0) is 56.5. The number of imide groups is 1. The fraction of sp³-hybridized carbons (Fsp3) is 0.492. The number of aromatic nitrogens is 2. The van der Waals surface area contributed by atoms with Crippen molar-refractivity contribution in [2.24, 2.45) is 24.8 Å². The Balaban J connectivity index is 0.00000124. The van der Waals surface area contributed by atoms with Crippen LogP contribution < -0.4 is 31.9 Å². The summed E-state index contributed by atoms with van der Waals surface area (Å²) in [6, 6.07) is 24.9. The molecular formula is C61H75N9O10. The minimum Gasteiger partial charge on any atom is -0.483 e. The molecule has 6 saturated heterocycles. The Kier molecular flexibility index (Phi) is 18.7. The Morgan fingerprint density at radius 1 is 0.812 bits per heavy atom. The van der Waals surface area contributed by atoms with Gasteiger partial charge in [0, 0.05) is 98.7 Å². The molecule has 6 aliphatic rings. The summed E-state index contributed by atoms with van der Waals surface area (Å²) >= 11 is 0. The maximum absolute atomic E-state index is 13.9. The average molecular weight is 1090 g/mol. The molecule has 0 saturated carbocycles. The van der Waals surface area contributed by atoms with E-state index in [1.165, 1.54) is 4.57 Å². The molecule has 11 rings (SSSR count). The van der Waals surface area contributed by atoms with E-state index in [0.29, 0.717) is 47.5 Å². The molecule has 3 unspecified atom stereocenters. The van der Waals surface area contributed by atoms with Crippen LogP contribution in [-0.4, -0.2) is 143 Å². The molecule has 19 nitrogen and oxygen atoms in total. The number of ether oxygens (including phenoxy) is 1. The largest absolute Gasteiger partial charge is 0.483 e. The SMILES string of the molecule is Cc1ccc(NC2CC3COCC(C2)N3)cc1C(=O)N[C@H](C)c1ccc(C#CC2CCN(CC3CCN(C(=O)C4CCN(c5ccc6c(c5)n(C)c(=O)n6C5CCC(=O)NC5=O)CC4)CC3)CC2)c2ccccc12.O=CO.O=CO. The van der Waals surface area contributed by atoms with E-state index < -0.39 is 11.9 Å². The molecule has 4 amide bonds. The van der Waals surface area contributed by atoms with Crippen LogP contribution in [0.25, 0.3) is 21.8 Å². The molecule has 5 aromatic rings. The van der Waals surface area contributed by atoms with E-state index >= 15 is 0 Å². The van der Waals surface area contributed by atoms with E-state index in [2.05, 4.69) is 97.2 Å². The number of fused-ring (bicyclic) bond motifs is 4. The molecule has 0 radical (unpaired) electrons. The summed E-state index contributed by atoms with van der Waals surface area (Å²) in [4.78, 5) is 89.1. The molecule has 80 heavy (non-hydrogen) atoms. The first-order valence-corrected chi connectivity index (χ1v) is 28.3. The van der Waals surface area contributed by atoms with Crippen LogP contribution in [0.3, 0.4) is 0 Å². The summed E-state index contributed by atoms with van der Waals surface area (Å²) in [5, 5.41) is 29.1. The number of imidazole rings is 1. The van der Waals surface area contributed by atoms with Gasteiger partial charge in [-0.15, -0.1) is 0 Å². The second-order valence-corrected chi connectivity index (χ2v) is 22.3. The van der Waals surface area contributed by atoms with E-state index in [4.69, 9.17) is 24.5 Å². The summed E-state index contributed by atoms with van der Waals surface area (Å²) < 4.78 is 8.83. The first-order chi connectivity index (χ1) is 38.7. The fourth-order valence-corrected chi connectivity index (χ4v) is 12.9. The van der Waals surface area contributed by atoms with Gasteiger partial charge in [-0.1, -0.05) is 48.2 Å². The monoisotopic (exact) mass is 1090 g/mol. The number of likely N-dealkylation sites (tertiary alicyclic amines) is 2. The van der Waals surface area contributed by atoms with Gasteiger partial charge in [-0.25, -0.2) is 4.79 Å². The number of carboxylic acid groups (broad SMARTS) is 2. The number of nitrogens with zero attached hydrogens (tertiary/aromatic N) is 5. The summed E-state index contributed by atoms with van der Waals surface area (Å²) in [5.41, 5.74) is 6.85. The Labute approximate surface area is 466 Å². The number of carbonyl (C=O) groups is 6. The number of piperidine rings is 5. The highest BCUT2D eigenvalue weighted by atomic mass is 16.5. The first kappa shape index (κ1) is 57.2. The van der Waals surface area contributed by atoms with Crippen molar-refractivity contribution in [3.05, 3.63) is 106 Å². The van der Waals surface area contributed by atoms with Crippen LogP contribution in [0.4, 0.5) is 11.4 Å². The molecule has 1 aromatic heterocycles. The summed E-state index contributed by atoms with van der Waals surface area (Å²) in [7, 11) is 1.72. The van der Waals surface area contributed by atoms with Crippen LogP contribution in [-0.2, 0) is 35.8 Å². The van der Waals surface area contributed by atoms with Gasteiger partial charge in [0.05, 0.1) is 30.3 Å². The number of nitrogens with one attached hydrogen (secondary N) is 4. The van der Waals surface area contributed by atoms with Crippen LogP contribution in [0.5, 0.6) is 0 Å². The Morgan fingerprint density at radius 2 is 1.50 bits per heavy atom. The topological polar surface area (TPSA) is 237 Å². The number of benzene rings is 4. The molecular weight excluding hydrogens is 1020 g/mol. The number of carbonyl (C=O) groups excluding carboxylic acids is 4. The predicted octanol–water partition coefficient (Wildman–Crippen LogP) is 5.82. The lowest BCUT2D eigenvalue weighted by atomic mass is 9.90. The highest BCUT2D eigenvalue weighted by Crippen LogP contribution is 2.33. The third kappa shape index (κ3) is 13.2. The molecule has 424 valence electrons. The van der Waals surface area contributed by atoms with Crippen LogP contribution in [0, 0.1) is 36.5 Å². The minimum absolute atomic E-state index is 0.0132. The predicted molar refractivity (Wildman–Crippen MR) is 305 cm³/mol. The van der Waals surface area contributed by atoms with Crippen LogP contribution in [0.1, 0.15) is 110 Å². The first-order valence-electron chi connectivity index (χ1n) is 28.3. The number of hydrogen-bond donors (Lipinski definition) is 6. The molecule has 6 aliphatic heterocycles. The second kappa shape index (κ2) is 26.2. The summed E-state index contributed by atoms with van der Waals surface area (Å²) in [5.74, 6) is 7.64. The highest BCUT2D eigenvalue weighted by molar-refractivity contribution is 6.00. The van der Waals surface area contributed by atoms with Crippen LogP contribution in [0.2, 0.25) is 0 Å². The smallest absolute Gasteiger partial charge is 0.329 e. The average Bonchev–Trinajstić information content (AvgIpc) is 3.78. The van der Waals surface area contributed by atoms with E-state index in [9.17, 15) is 24.0 Å². The fourth-order valence-electron chi connectivity index (χ4n) is 12.9. The highest BCUT2D eigenvalue weighted by Gasteiger charge is 2.35. The third-order valence-electron chi connectivity index (χ3n) is 17.1. The second-order valence-electron chi connectivity index (χ2n) is 22.3. The van der Waals surface area contributed by atoms with Crippen LogP contribution in [0.15, 0.2) is 77.6 Å². The number of hydrogen-bond acceptors (Lipinski definition) is 12. The maximum Gasteiger partial charge on any atom is 0.329 e. The number of morpholine rings is 1. The molecule has 19 heteroatoms. The van der Waals surface area contributed by atoms with Crippen molar-refractivity contribution in [3.63, 3.8) is 0 Å². The lowest BCUT2D eigenvalue weighted by molar-refractivity contribution is -0.138. The van der Waals surface area contributed by atoms with E-state index in [1.807, 2.05) is 37.3 Å². The van der Waals surface area contributed by atoms with Gasteiger partial charge in [-0.2, -0.15) is 0 Å². The quantitative estimate of drug-likeness (QED) is 0.0550. The number of aryl methyl sites for hydroxylation is 2. The number of amides is 4. The summed E-state index contributed by atoms with van der Waals surface area (Å²) in [6.45, 7) is 11.4. The van der Waals surface area contributed by atoms with E-state index in [1.54, 1.807) is 11.6 Å². The van der Waals surface area contributed by atoms with Crippen molar-refractivity contribution in [3.8, 4) is 11.8 Å². The van der Waals surface area contributed by atoms with Gasteiger partial charge in [-0.3, -0.25) is 43.2 Å². The number of anilines is 2. The minimum atomic E-state index is -0.714. The van der Waals surface area contributed by atoms with Gasteiger partial charge in [0.1, 0.15) is 6.04 Å². The van der Waals surface area contributed by atoms with Gasteiger partial charge in [0.25, 0.3) is 18.9 Å². The van der Waals surface area contributed by atoms with Gasteiger partial charge in [-0.05, 0) is 149 Å². The van der Waals surface area contributed by atoms with E-state index in [0.717, 1.165) is 155 Å². The van der Waals surface area contributed by atoms with Crippen molar-refractivity contribution in [2.45, 2.75) is 108 Å². The maximum atomic E-state index is 13.9. The molecule has 4 aromatic carbocycles. The zero-order valence-electron chi connectivity index (χ0n) is 46.0. The molecule has 6 fully saturated rings. The molecule has 6 N–H and O–H groups in total. The molecule has 7 heterocycles. The van der Waals surface area contributed by atoms with Crippen molar-refractivity contribution in [2.75, 3.05) is 69.2 Å². The van der Waals surface area contributed by atoms with Gasteiger partial charge in [0.2, 0.25) is 17.7 Å². The standard InChI is InChI=1S/C59H71N9O6.2CH2O2/c1-37-8-12-43(61-44-30-45-35-74-36-46(31-44)62-45)32-51(37)56(70)60-38(2)48-14-11-41(49-6-4-5-7-50(48)49)10-9-39-18-24-65(25-19-39)34-40-20-26-67(27-21-40)58(72)42-22-28-66(29-23-42)47-13-15-52-54(33-47)64(3)59(73)68(52)53-16-17-55(69)63-57(53)71;2*2-1-3/h4-8,11-15,32-33,38-40,42,44-46,53,61-62H,16-31,34-36H2,1-3H3,(H,60,70)(H,63,69,71);2*1H,(H,2,3)/t38-,44?,45?,46?,53?;;/m1../s1. The molecule has 0 aliphatic carbocycles. The molecule has 2 bridgehead atoms. The Hall–Kier alpha value is -7.53. The third-order valence-corrected chi connectivity index (χ3v) is 17.1. The van der Waals surface area contributed by atoms with Gasteiger partial charge < -0.3 is 45.6 Å². The Morgan fingerprint density at radius 3 is 2.19 bits per heavy atom. The number of rotatable bonds is 10. The van der Waals surface area contributed by atoms with Crippen molar-refractivity contribution in [1.29, 1.82) is 0 Å². The van der Waals surface area contributed by atoms with E-state index in [-0.39, 0.29) is 54.7 Å². The van der Waals surface area contributed by atoms with Crippen molar-refractivity contribution in [1.82, 2.24) is 34.9 Å². The summed E-state index contributed by atoms with van der Waals surface area (Å²) in [6.07, 6.45) is 8.24. The van der Waals surface area contributed by atoms with Gasteiger partial charge in [0.15, 0.2) is 0 Å². The van der Waals surface area contributed by atoms with Crippen LogP contribution >= 0.6 is 0 Å². The van der Waals surface area contributed by atoms with Crippen molar-refractivity contribution >= 4 is 69.8 Å². The van der Waals surface area contributed by atoms with Crippen molar-refractivity contribution < 1.29 is 43.7 Å². The molecule has 0 spiro atoms. The molecule has 4 atom stereocenters.